The number of rotatable bonds is 3. The number of aliphatic hydroxyl groups excluding tert-OH is 2. The Morgan fingerprint density at radius 1 is 1.19 bits per heavy atom. The van der Waals surface area contributed by atoms with E-state index in [2.05, 4.69) is 5.32 Å². The van der Waals surface area contributed by atoms with Gasteiger partial charge in [0.2, 0.25) is 5.78 Å². The van der Waals surface area contributed by atoms with Gasteiger partial charge in [0.25, 0.3) is 11.8 Å². The number of aromatic hydroxyl groups is 1. The molecule has 0 fully saturated rings. The average molecular weight is 514 g/mol. The molecule has 2 aromatic rings. The summed E-state index contributed by atoms with van der Waals surface area (Å²) in [5.74, 6) is -9.61. The third kappa shape index (κ3) is 3.18. The van der Waals surface area contributed by atoms with Crippen LogP contribution < -0.4 is 11.1 Å². The number of hydrogen-bond acceptors (Lipinski definition) is 9. The lowest BCUT2D eigenvalue weighted by Gasteiger charge is -2.45. The summed E-state index contributed by atoms with van der Waals surface area (Å²) in [7, 11) is 0. The van der Waals surface area contributed by atoms with Crippen LogP contribution in [0.2, 0.25) is 0 Å². The minimum Gasteiger partial charge on any atom is -0.511 e. The van der Waals surface area contributed by atoms with Crippen LogP contribution in [-0.2, 0) is 16.0 Å². The highest BCUT2D eigenvalue weighted by Crippen LogP contribution is 2.52. The van der Waals surface area contributed by atoms with E-state index in [0.29, 0.717) is 0 Å². The lowest BCUT2D eigenvalue weighted by molar-refractivity contribution is -0.144. The summed E-state index contributed by atoms with van der Waals surface area (Å²) in [5, 5.41) is 47.2. The Hall–Kier alpha value is -4.03. The Kier molecular flexibility index (Phi) is 5.27. The third-order valence-corrected chi connectivity index (χ3v) is 7.87. The normalized spacial score (nSPS) is 25.3. The summed E-state index contributed by atoms with van der Waals surface area (Å²) >= 11 is 1.11. The van der Waals surface area contributed by atoms with E-state index in [4.69, 9.17) is 5.73 Å². The highest BCUT2D eigenvalue weighted by Gasteiger charge is 2.59. The van der Waals surface area contributed by atoms with Gasteiger partial charge in [-0.3, -0.25) is 19.2 Å². The van der Waals surface area contributed by atoms with Crippen molar-refractivity contribution in [1.29, 1.82) is 0 Å². The van der Waals surface area contributed by atoms with E-state index in [0.717, 1.165) is 17.4 Å². The van der Waals surface area contributed by atoms with Crippen molar-refractivity contribution in [2.24, 2.45) is 17.6 Å². The number of Topliss-reactive ketones (excluding diaryl/α,β-unsaturated/α-hetero) is 2. The van der Waals surface area contributed by atoms with E-state index in [-0.39, 0.29) is 35.4 Å². The minimum atomic E-state index is -2.71. The van der Waals surface area contributed by atoms with Crippen molar-refractivity contribution in [3.8, 4) is 5.75 Å². The smallest absolute Gasteiger partial charge is 0.265 e. The van der Waals surface area contributed by atoms with Crippen LogP contribution in [0.4, 0.5) is 10.1 Å². The number of fused-ring (bicyclic) bond motifs is 3. The van der Waals surface area contributed by atoms with E-state index >= 15 is 4.39 Å². The molecule has 0 saturated heterocycles. The molecule has 1 heterocycles. The number of aliphatic hydroxyl groups is 3. The van der Waals surface area contributed by atoms with Crippen molar-refractivity contribution in [3.63, 3.8) is 0 Å². The number of thiophene rings is 1. The van der Waals surface area contributed by atoms with Gasteiger partial charge in [-0.1, -0.05) is 6.07 Å². The average Bonchev–Trinajstić information content (AvgIpc) is 3.34. The van der Waals surface area contributed by atoms with Gasteiger partial charge >= 0.3 is 0 Å². The molecule has 0 bridgehead atoms. The third-order valence-electron chi connectivity index (χ3n) is 7.00. The Balaban J connectivity index is 1.61. The maximum Gasteiger partial charge on any atom is 0.265 e. The van der Waals surface area contributed by atoms with Gasteiger partial charge < -0.3 is 31.5 Å². The molecule has 5 rings (SSSR count). The molecule has 1 aromatic heterocycles. The second-order valence-electron chi connectivity index (χ2n) is 8.95. The lowest BCUT2D eigenvalue weighted by Crippen LogP contribution is -2.57. The number of ketones is 2. The van der Waals surface area contributed by atoms with Crippen LogP contribution in [0.1, 0.15) is 38.4 Å². The number of anilines is 1. The van der Waals surface area contributed by atoms with Crippen LogP contribution in [0, 0.1) is 17.7 Å². The van der Waals surface area contributed by atoms with Crippen molar-refractivity contribution in [3.05, 3.63) is 68.1 Å². The van der Waals surface area contributed by atoms with E-state index in [1.54, 1.807) is 11.4 Å². The van der Waals surface area contributed by atoms with Crippen molar-refractivity contribution < 1.29 is 44.0 Å². The number of hydrogen-bond donors (Lipinski definition) is 6. The summed E-state index contributed by atoms with van der Waals surface area (Å²) in [6, 6.07) is 4.02. The summed E-state index contributed by atoms with van der Waals surface area (Å²) in [6.07, 6.45) is -0.663. The number of benzene rings is 1. The number of carbonyl (C=O) groups is 4. The SMILES string of the molecule is NC(=O)C1=C(O)C[C@@H]2CC3Cc4c(F)cc(NC(=O)c5cccs5)c(O)c4C(=O)C3=C(O)[C@]2(O)C1=O. The molecule has 1 aromatic carbocycles. The van der Waals surface area contributed by atoms with Gasteiger partial charge in [0.05, 0.1) is 16.1 Å². The number of primary amides is 1. The lowest BCUT2D eigenvalue weighted by atomic mass is 9.60. The number of nitrogens with two attached hydrogens (primary N) is 1. The minimum absolute atomic E-state index is 0.111. The number of amides is 2. The van der Waals surface area contributed by atoms with Crippen LogP contribution in [0.15, 0.2) is 46.2 Å². The highest BCUT2D eigenvalue weighted by atomic mass is 32.1. The first-order valence-electron chi connectivity index (χ1n) is 10.8. The fourth-order valence-electron chi connectivity index (χ4n) is 5.33. The first-order chi connectivity index (χ1) is 17.0. The number of phenols is 1. The second kappa shape index (κ2) is 8.00. The van der Waals surface area contributed by atoms with Crippen LogP contribution in [0.25, 0.3) is 0 Å². The molecule has 10 nitrogen and oxygen atoms in total. The Morgan fingerprint density at radius 3 is 2.56 bits per heavy atom. The summed E-state index contributed by atoms with van der Waals surface area (Å²) in [6.45, 7) is 0. The van der Waals surface area contributed by atoms with Crippen LogP contribution in [0.3, 0.4) is 0 Å². The second-order valence-corrected chi connectivity index (χ2v) is 9.90. The van der Waals surface area contributed by atoms with Crippen molar-refractivity contribution >= 4 is 40.4 Å². The standard InChI is InChI=1S/C24H19FN2O8S/c25-11-7-12(27-23(34)14-2-1-3-36-14)18(29)16-10(11)5-8-4-9-6-13(28)17(22(26)33)21(32)24(9,35)20(31)15(8)19(16)30/h1-3,7-9,28-29,31,35H,4-6H2,(H2,26,33)(H,27,34)/t8?,9-,24-/m0/s1. The quantitative estimate of drug-likeness (QED) is 0.265. The Bertz CT molecular complexity index is 1440. The number of carbonyl (C=O) groups excluding carboxylic acids is 4. The van der Waals surface area contributed by atoms with Crippen LogP contribution in [0.5, 0.6) is 5.75 Å². The van der Waals surface area contributed by atoms with Gasteiger partial charge in [0.1, 0.15) is 22.9 Å². The van der Waals surface area contributed by atoms with Gasteiger partial charge in [0.15, 0.2) is 17.1 Å². The molecule has 12 heteroatoms. The van der Waals surface area contributed by atoms with E-state index < -0.39 is 80.6 Å². The summed E-state index contributed by atoms with van der Waals surface area (Å²) < 4.78 is 15.1. The van der Waals surface area contributed by atoms with Gasteiger partial charge in [-0.05, 0) is 30.2 Å². The fourth-order valence-corrected chi connectivity index (χ4v) is 5.95. The fraction of sp³-hybridized carbons (Fsp3) is 0.250. The molecule has 36 heavy (non-hydrogen) atoms. The van der Waals surface area contributed by atoms with Gasteiger partial charge in [-0.2, -0.15) is 0 Å². The maximum absolute atomic E-state index is 15.1. The number of halogens is 1. The zero-order chi connectivity index (χ0) is 26.1. The van der Waals surface area contributed by atoms with E-state index in [9.17, 15) is 39.6 Å². The first-order valence-corrected chi connectivity index (χ1v) is 11.7. The molecule has 0 aliphatic heterocycles. The predicted molar refractivity (Wildman–Crippen MR) is 123 cm³/mol. The predicted octanol–water partition coefficient (Wildman–Crippen LogP) is 2.03. The molecule has 7 N–H and O–H groups in total. The zero-order valence-corrected chi connectivity index (χ0v) is 19.2. The molecule has 3 aliphatic carbocycles. The molecule has 0 radical (unpaired) electrons. The Labute approximate surface area is 206 Å². The van der Waals surface area contributed by atoms with Gasteiger partial charge in [-0.15, -0.1) is 11.3 Å². The molecular weight excluding hydrogens is 495 g/mol. The molecule has 3 atom stereocenters. The van der Waals surface area contributed by atoms with Crippen molar-refractivity contribution in [2.45, 2.75) is 24.9 Å². The largest absolute Gasteiger partial charge is 0.511 e. The molecule has 1 unspecified atom stereocenters. The number of allylic oxidation sites excluding steroid dienone is 2. The van der Waals surface area contributed by atoms with Crippen LogP contribution >= 0.6 is 11.3 Å². The molecule has 0 spiro atoms. The molecule has 3 aliphatic rings. The van der Waals surface area contributed by atoms with Crippen molar-refractivity contribution in [1.82, 2.24) is 0 Å². The number of phenolic OH excluding ortho intramolecular Hbond substituents is 1. The maximum atomic E-state index is 15.1. The Morgan fingerprint density at radius 2 is 1.92 bits per heavy atom. The molecular formula is C24H19FN2O8S. The summed E-state index contributed by atoms with van der Waals surface area (Å²) in [4.78, 5) is 50.8. The highest BCUT2D eigenvalue weighted by molar-refractivity contribution is 7.12. The van der Waals surface area contributed by atoms with E-state index in [1.165, 1.54) is 6.07 Å². The molecule has 2 amide bonds. The molecule has 186 valence electrons. The van der Waals surface area contributed by atoms with Gasteiger partial charge in [-0.25, -0.2) is 4.39 Å². The molecule has 0 saturated carbocycles. The van der Waals surface area contributed by atoms with Crippen LogP contribution in [-0.4, -0.2) is 49.4 Å². The van der Waals surface area contributed by atoms with Gasteiger partial charge in [0, 0.05) is 29.5 Å². The monoisotopic (exact) mass is 514 g/mol. The summed E-state index contributed by atoms with van der Waals surface area (Å²) in [5.41, 5.74) is 0.102. The number of nitrogens with one attached hydrogen (secondary N) is 1. The van der Waals surface area contributed by atoms with Crippen molar-refractivity contribution in [2.75, 3.05) is 5.32 Å². The first kappa shape index (κ1) is 23.7. The topological polar surface area (TPSA) is 187 Å². The van der Waals surface area contributed by atoms with E-state index in [1.807, 2.05) is 0 Å². The zero-order valence-electron chi connectivity index (χ0n) is 18.4.